The van der Waals surface area contributed by atoms with E-state index in [-0.39, 0.29) is 11.3 Å². The van der Waals surface area contributed by atoms with Crippen LogP contribution in [0.3, 0.4) is 0 Å². The normalized spacial score (nSPS) is 16.2. The van der Waals surface area contributed by atoms with Crippen LogP contribution in [-0.2, 0) is 0 Å². The van der Waals surface area contributed by atoms with Gasteiger partial charge in [-0.1, -0.05) is 39.5 Å². The molecule has 0 aliphatic heterocycles. The molecule has 0 aromatic heterocycles. The maximum Gasteiger partial charge on any atom is 0.0689 e. The molecule has 0 rings (SSSR count). The van der Waals surface area contributed by atoms with Crippen molar-refractivity contribution in [2.45, 2.75) is 85.5 Å². The van der Waals surface area contributed by atoms with Gasteiger partial charge in [-0.3, -0.25) is 0 Å². The van der Waals surface area contributed by atoms with E-state index < -0.39 is 0 Å². The summed E-state index contributed by atoms with van der Waals surface area (Å²) in [5.41, 5.74) is -0.233. The topological polar surface area (TPSA) is 72.3 Å². The van der Waals surface area contributed by atoms with Crippen LogP contribution >= 0.6 is 0 Å². The van der Waals surface area contributed by atoms with E-state index in [2.05, 4.69) is 43.1 Å². The van der Waals surface area contributed by atoms with E-state index in [4.69, 9.17) is 5.26 Å². The van der Waals surface area contributed by atoms with Gasteiger partial charge in [-0.15, -0.1) is 0 Å². The molecule has 4 heteroatoms. The third-order valence-corrected chi connectivity index (χ3v) is 4.91. The fraction of sp³-hybridized carbons (Fsp3) is 0.900. The molecular formula is C20H36N4. The second-order valence-corrected chi connectivity index (χ2v) is 7.16. The van der Waals surface area contributed by atoms with Gasteiger partial charge in [-0.2, -0.15) is 20.8 Å². The SMILES string of the molecule is CCCCC(CCN=NCCCC(C)C#N)C(C)(C#N)CCCC. The van der Waals surface area contributed by atoms with E-state index in [1.165, 1.54) is 12.8 Å². The molecule has 3 atom stereocenters. The lowest BCUT2D eigenvalue weighted by Crippen LogP contribution is -2.26. The van der Waals surface area contributed by atoms with Crippen molar-refractivity contribution >= 4 is 0 Å². The van der Waals surface area contributed by atoms with Gasteiger partial charge in [-0.25, -0.2) is 0 Å². The Kier molecular flexibility index (Phi) is 13.1. The second kappa shape index (κ2) is 14.0. The standard InChI is InChI=1S/C20H36N4/c1-5-7-11-19(20(4,17-22)13-8-6-2)12-15-24-23-14-9-10-18(3)16-21/h18-19H,5-15H2,1-4H3. The third kappa shape index (κ3) is 9.66. The average molecular weight is 333 g/mol. The first-order chi connectivity index (χ1) is 11.5. The number of azo groups is 1. The first-order valence-electron chi connectivity index (χ1n) is 9.68. The molecule has 0 heterocycles. The highest BCUT2D eigenvalue weighted by atomic mass is 15.1. The minimum atomic E-state index is -0.233. The molecule has 0 radical (unpaired) electrons. The molecule has 0 fully saturated rings. The van der Waals surface area contributed by atoms with E-state index in [0.29, 0.717) is 19.0 Å². The molecular weight excluding hydrogens is 296 g/mol. The summed E-state index contributed by atoms with van der Waals surface area (Å²) < 4.78 is 0. The molecule has 3 unspecified atom stereocenters. The number of rotatable bonds is 14. The summed E-state index contributed by atoms with van der Waals surface area (Å²) in [5.74, 6) is 0.514. The zero-order valence-corrected chi connectivity index (χ0v) is 16.2. The lowest BCUT2D eigenvalue weighted by atomic mass is 9.71. The molecule has 0 aromatic rings. The molecule has 0 aliphatic carbocycles. The molecule has 0 bridgehead atoms. The molecule has 4 nitrogen and oxygen atoms in total. The van der Waals surface area contributed by atoms with Crippen molar-refractivity contribution in [1.82, 2.24) is 0 Å². The van der Waals surface area contributed by atoms with Gasteiger partial charge in [0.15, 0.2) is 0 Å². The average Bonchev–Trinajstić information content (AvgIpc) is 2.60. The van der Waals surface area contributed by atoms with Crippen LogP contribution in [0.15, 0.2) is 10.2 Å². The summed E-state index contributed by atoms with van der Waals surface area (Å²) in [5, 5.41) is 27.0. The number of nitrogens with zero attached hydrogens (tertiary/aromatic N) is 4. The molecule has 0 aliphatic rings. The van der Waals surface area contributed by atoms with Crippen molar-refractivity contribution in [3.63, 3.8) is 0 Å². The minimum absolute atomic E-state index is 0.105. The highest BCUT2D eigenvalue weighted by Crippen LogP contribution is 2.38. The van der Waals surface area contributed by atoms with Crippen LogP contribution in [-0.4, -0.2) is 13.1 Å². The summed E-state index contributed by atoms with van der Waals surface area (Å²) in [6, 6.07) is 4.84. The van der Waals surface area contributed by atoms with E-state index in [1.807, 2.05) is 6.92 Å². The number of nitriles is 2. The summed E-state index contributed by atoms with van der Waals surface area (Å²) in [6.45, 7) is 9.87. The number of unbranched alkanes of at least 4 members (excludes halogenated alkanes) is 2. The maximum atomic E-state index is 9.70. The molecule has 0 saturated heterocycles. The van der Waals surface area contributed by atoms with Crippen LogP contribution in [0.4, 0.5) is 0 Å². The van der Waals surface area contributed by atoms with Crippen molar-refractivity contribution in [1.29, 1.82) is 10.5 Å². The van der Waals surface area contributed by atoms with Crippen LogP contribution in [0, 0.1) is 39.9 Å². The Bertz CT molecular complexity index is 418. The molecule has 0 spiro atoms. The van der Waals surface area contributed by atoms with Gasteiger partial charge < -0.3 is 0 Å². The largest absolute Gasteiger partial charge is 0.198 e. The lowest BCUT2D eigenvalue weighted by Gasteiger charge is -2.31. The predicted molar refractivity (Wildman–Crippen MR) is 99.5 cm³/mol. The fourth-order valence-electron chi connectivity index (χ4n) is 3.02. The highest BCUT2D eigenvalue weighted by Gasteiger charge is 2.32. The monoisotopic (exact) mass is 332 g/mol. The van der Waals surface area contributed by atoms with E-state index >= 15 is 0 Å². The molecule has 0 aromatic carbocycles. The van der Waals surface area contributed by atoms with Crippen molar-refractivity contribution in [3.05, 3.63) is 0 Å². The Hall–Kier alpha value is -1.42. The van der Waals surface area contributed by atoms with Crippen molar-refractivity contribution in [2.75, 3.05) is 13.1 Å². The van der Waals surface area contributed by atoms with Gasteiger partial charge in [0.25, 0.3) is 0 Å². The van der Waals surface area contributed by atoms with Crippen LogP contribution in [0.1, 0.15) is 85.5 Å². The van der Waals surface area contributed by atoms with Crippen molar-refractivity contribution in [2.24, 2.45) is 27.5 Å². The van der Waals surface area contributed by atoms with Gasteiger partial charge in [0.2, 0.25) is 0 Å². The number of hydrogen-bond acceptors (Lipinski definition) is 4. The van der Waals surface area contributed by atoms with Crippen LogP contribution in [0.25, 0.3) is 0 Å². The first kappa shape index (κ1) is 22.6. The quantitative estimate of drug-likeness (QED) is 0.277. The predicted octanol–water partition coefficient (Wildman–Crippen LogP) is 6.30. The lowest BCUT2D eigenvalue weighted by molar-refractivity contribution is 0.210. The van der Waals surface area contributed by atoms with Crippen LogP contribution in [0.5, 0.6) is 0 Å². The highest BCUT2D eigenvalue weighted by molar-refractivity contribution is 5.00. The Labute approximate surface area is 149 Å². The zero-order chi connectivity index (χ0) is 18.3. The van der Waals surface area contributed by atoms with E-state index in [9.17, 15) is 5.26 Å². The summed E-state index contributed by atoms with van der Waals surface area (Å²) in [4.78, 5) is 0. The fourth-order valence-corrected chi connectivity index (χ4v) is 3.02. The molecule has 24 heavy (non-hydrogen) atoms. The minimum Gasteiger partial charge on any atom is -0.198 e. The summed E-state index contributed by atoms with van der Waals surface area (Å²) >= 11 is 0. The third-order valence-electron chi connectivity index (χ3n) is 4.91. The maximum absolute atomic E-state index is 9.70. The Morgan fingerprint density at radius 1 is 0.917 bits per heavy atom. The molecule has 136 valence electrons. The second-order valence-electron chi connectivity index (χ2n) is 7.16. The van der Waals surface area contributed by atoms with Crippen molar-refractivity contribution < 1.29 is 0 Å². The van der Waals surface area contributed by atoms with E-state index in [1.54, 1.807) is 0 Å². The van der Waals surface area contributed by atoms with Crippen LogP contribution < -0.4 is 0 Å². The van der Waals surface area contributed by atoms with E-state index in [0.717, 1.165) is 44.9 Å². The van der Waals surface area contributed by atoms with Gasteiger partial charge in [0, 0.05) is 5.92 Å². The van der Waals surface area contributed by atoms with Gasteiger partial charge in [0.1, 0.15) is 0 Å². The van der Waals surface area contributed by atoms with Crippen LogP contribution in [0.2, 0.25) is 0 Å². The Balaban J connectivity index is 4.37. The Morgan fingerprint density at radius 2 is 1.58 bits per heavy atom. The number of hydrogen-bond donors (Lipinski definition) is 0. The molecule has 0 N–H and O–H groups in total. The van der Waals surface area contributed by atoms with Gasteiger partial charge in [-0.05, 0) is 51.9 Å². The van der Waals surface area contributed by atoms with Crippen molar-refractivity contribution in [3.8, 4) is 12.1 Å². The Morgan fingerprint density at radius 3 is 2.17 bits per heavy atom. The summed E-state index contributed by atoms with van der Waals surface area (Å²) in [7, 11) is 0. The smallest absolute Gasteiger partial charge is 0.0689 e. The first-order valence-corrected chi connectivity index (χ1v) is 9.68. The summed E-state index contributed by atoms with van der Waals surface area (Å²) in [6.07, 6.45) is 9.45. The molecule has 0 saturated carbocycles. The van der Waals surface area contributed by atoms with Gasteiger partial charge in [0.05, 0.1) is 30.6 Å². The molecule has 0 amide bonds. The van der Waals surface area contributed by atoms with Gasteiger partial charge >= 0.3 is 0 Å². The zero-order valence-electron chi connectivity index (χ0n) is 16.2.